The van der Waals surface area contributed by atoms with E-state index in [1.165, 1.54) is 0 Å². The molecule has 0 unspecified atom stereocenters. The van der Waals surface area contributed by atoms with Gasteiger partial charge in [-0.1, -0.05) is 11.3 Å². The summed E-state index contributed by atoms with van der Waals surface area (Å²) >= 11 is 0. The molecule has 0 saturated heterocycles. The number of anilines is 2. The Morgan fingerprint density at radius 1 is 0.926 bits per heavy atom. The van der Waals surface area contributed by atoms with Gasteiger partial charge in [0.15, 0.2) is 0 Å². The third-order valence-electron chi connectivity index (χ3n) is 4.13. The van der Waals surface area contributed by atoms with E-state index in [0.29, 0.717) is 33.9 Å². The van der Waals surface area contributed by atoms with Crippen LogP contribution in [0.3, 0.4) is 0 Å². The van der Waals surface area contributed by atoms with Crippen molar-refractivity contribution in [1.29, 1.82) is 0 Å². The molecular weight excluding hydrogens is 346 g/mol. The molecule has 0 aliphatic carbocycles. The van der Waals surface area contributed by atoms with Crippen molar-refractivity contribution in [3.8, 4) is 28.4 Å². The lowest BCUT2D eigenvalue weighted by Gasteiger charge is -2.07. The SMILES string of the molecule is COc1cc(OC)cc(-n2cc(-c3ccc4nc(N)nc(N)c4c3)nn2)c1. The molecule has 0 amide bonds. The highest BCUT2D eigenvalue weighted by Crippen LogP contribution is 2.28. The first-order chi connectivity index (χ1) is 13.1. The van der Waals surface area contributed by atoms with E-state index in [9.17, 15) is 0 Å². The van der Waals surface area contributed by atoms with Gasteiger partial charge < -0.3 is 20.9 Å². The maximum atomic E-state index is 5.96. The smallest absolute Gasteiger partial charge is 0.222 e. The largest absolute Gasteiger partial charge is 0.497 e. The van der Waals surface area contributed by atoms with Crippen LogP contribution >= 0.6 is 0 Å². The first-order valence-electron chi connectivity index (χ1n) is 8.06. The van der Waals surface area contributed by atoms with Crippen molar-refractivity contribution < 1.29 is 9.47 Å². The van der Waals surface area contributed by atoms with Crippen molar-refractivity contribution in [3.05, 3.63) is 42.6 Å². The second kappa shape index (κ2) is 6.45. The highest BCUT2D eigenvalue weighted by Gasteiger charge is 2.11. The molecule has 0 spiro atoms. The third-order valence-corrected chi connectivity index (χ3v) is 4.13. The van der Waals surface area contributed by atoms with E-state index in [4.69, 9.17) is 20.9 Å². The Bertz CT molecular complexity index is 1120. The lowest BCUT2D eigenvalue weighted by Crippen LogP contribution is -2.00. The Kier molecular flexibility index (Phi) is 3.96. The van der Waals surface area contributed by atoms with Crippen molar-refractivity contribution in [2.45, 2.75) is 0 Å². The summed E-state index contributed by atoms with van der Waals surface area (Å²) in [5.74, 6) is 1.79. The number of methoxy groups -OCH3 is 2. The molecular formula is C18H17N7O2. The van der Waals surface area contributed by atoms with E-state index < -0.39 is 0 Å². The molecule has 136 valence electrons. The Hall–Kier alpha value is -3.88. The maximum absolute atomic E-state index is 5.96. The summed E-state index contributed by atoms with van der Waals surface area (Å²) in [5, 5.41) is 9.16. The van der Waals surface area contributed by atoms with E-state index in [2.05, 4.69) is 20.3 Å². The Labute approximate surface area is 154 Å². The van der Waals surface area contributed by atoms with Crippen LogP contribution in [-0.4, -0.2) is 39.2 Å². The fourth-order valence-electron chi connectivity index (χ4n) is 2.78. The number of benzene rings is 2. The van der Waals surface area contributed by atoms with Crippen LogP contribution in [0.4, 0.5) is 11.8 Å². The molecule has 0 aliphatic heterocycles. The average Bonchev–Trinajstić information content (AvgIpc) is 3.17. The van der Waals surface area contributed by atoms with Gasteiger partial charge in [-0.05, 0) is 12.1 Å². The van der Waals surface area contributed by atoms with Gasteiger partial charge in [-0.25, -0.2) is 9.67 Å². The van der Waals surface area contributed by atoms with Gasteiger partial charge in [-0.3, -0.25) is 0 Å². The first-order valence-corrected chi connectivity index (χ1v) is 8.06. The highest BCUT2D eigenvalue weighted by atomic mass is 16.5. The quantitative estimate of drug-likeness (QED) is 0.564. The Balaban J connectivity index is 1.76. The van der Waals surface area contributed by atoms with E-state index in [1.807, 2.05) is 36.5 Å². The van der Waals surface area contributed by atoms with Crippen LogP contribution in [0.15, 0.2) is 42.6 Å². The molecule has 2 aromatic carbocycles. The van der Waals surface area contributed by atoms with Gasteiger partial charge in [0, 0.05) is 29.1 Å². The summed E-state index contributed by atoms with van der Waals surface area (Å²) in [4.78, 5) is 8.18. The monoisotopic (exact) mass is 363 g/mol. The Morgan fingerprint density at radius 3 is 2.37 bits per heavy atom. The van der Waals surface area contributed by atoms with Crippen molar-refractivity contribution in [2.75, 3.05) is 25.7 Å². The summed E-state index contributed by atoms with van der Waals surface area (Å²) in [6.07, 6.45) is 1.81. The fraction of sp³-hybridized carbons (Fsp3) is 0.111. The number of hydrogen-bond acceptors (Lipinski definition) is 8. The zero-order valence-electron chi connectivity index (χ0n) is 14.7. The summed E-state index contributed by atoms with van der Waals surface area (Å²) in [5.41, 5.74) is 14.6. The van der Waals surface area contributed by atoms with Crippen LogP contribution in [0.1, 0.15) is 0 Å². The number of aromatic nitrogens is 5. The second-order valence-electron chi connectivity index (χ2n) is 5.82. The molecule has 0 saturated carbocycles. The normalized spacial score (nSPS) is 10.9. The zero-order valence-corrected chi connectivity index (χ0v) is 14.7. The molecule has 0 aliphatic rings. The summed E-state index contributed by atoms with van der Waals surface area (Å²) in [7, 11) is 3.19. The van der Waals surface area contributed by atoms with Crippen molar-refractivity contribution in [3.63, 3.8) is 0 Å². The zero-order chi connectivity index (χ0) is 19.0. The Morgan fingerprint density at radius 2 is 1.67 bits per heavy atom. The molecule has 4 rings (SSSR count). The van der Waals surface area contributed by atoms with Gasteiger partial charge in [0.05, 0.1) is 31.6 Å². The number of fused-ring (bicyclic) bond motifs is 1. The highest BCUT2D eigenvalue weighted by molar-refractivity contribution is 5.92. The molecule has 9 nitrogen and oxygen atoms in total. The predicted octanol–water partition coefficient (Wildman–Crippen LogP) is 2.06. The molecule has 27 heavy (non-hydrogen) atoms. The average molecular weight is 363 g/mol. The lowest BCUT2D eigenvalue weighted by atomic mass is 10.1. The number of ether oxygens (including phenoxy) is 2. The number of nitrogens with zero attached hydrogens (tertiary/aromatic N) is 5. The van der Waals surface area contributed by atoms with Crippen molar-refractivity contribution in [2.24, 2.45) is 0 Å². The molecule has 0 atom stereocenters. The van der Waals surface area contributed by atoms with E-state index in [0.717, 1.165) is 11.3 Å². The fourth-order valence-corrected chi connectivity index (χ4v) is 2.78. The van der Waals surface area contributed by atoms with Crippen LogP contribution in [0, 0.1) is 0 Å². The van der Waals surface area contributed by atoms with Crippen LogP contribution in [0.5, 0.6) is 11.5 Å². The molecule has 4 N–H and O–H groups in total. The molecule has 0 radical (unpaired) electrons. The lowest BCUT2D eigenvalue weighted by molar-refractivity contribution is 0.394. The molecule has 4 aromatic rings. The maximum Gasteiger partial charge on any atom is 0.222 e. The van der Waals surface area contributed by atoms with Gasteiger partial charge in [0.2, 0.25) is 5.95 Å². The van der Waals surface area contributed by atoms with Gasteiger partial charge >= 0.3 is 0 Å². The minimum Gasteiger partial charge on any atom is -0.497 e. The number of rotatable bonds is 4. The van der Waals surface area contributed by atoms with Crippen molar-refractivity contribution >= 4 is 22.7 Å². The number of nitrogen functional groups attached to an aromatic ring is 2. The summed E-state index contributed by atoms with van der Waals surface area (Å²) in [6, 6.07) is 11.1. The minimum atomic E-state index is 0.144. The van der Waals surface area contributed by atoms with Gasteiger partial charge in [-0.2, -0.15) is 4.98 Å². The van der Waals surface area contributed by atoms with Gasteiger partial charge in [-0.15, -0.1) is 5.10 Å². The third kappa shape index (κ3) is 3.06. The van der Waals surface area contributed by atoms with Crippen LogP contribution in [-0.2, 0) is 0 Å². The van der Waals surface area contributed by atoms with Crippen LogP contribution in [0.2, 0.25) is 0 Å². The first kappa shape index (κ1) is 16.6. The molecule has 0 bridgehead atoms. The second-order valence-corrected chi connectivity index (χ2v) is 5.82. The molecule has 9 heteroatoms. The van der Waals surface area contributed by atoms with E-state index in [-0.39, 0.29) is 5.95 Å². The minimum absolute atomic E-state index is 0.144. The van der Waals surface area contributed by atoms with Gasteiger partial charge in [0.1, 0.15) is 23.0 Å². The van der Waals surface area contributed by atoms with Crippen molar-refractivity contribution in [1.82, 2.24) is 25.0 Å². The summed E-state index contributed by atoms with van der Waals surface area (Å²) in [6.45, 7) is 0. The molecule has 2 aromatic heterocycles. The molecule has 0 fully saturated rings. The van der Waals surface area contributed by atoms with E-state index >= 15 is 0 Å². The topological polar surface area (TPSA) is 127 Å². The van der Waals surface area contributed by atoms with Crippen LogP contribution < -0.4 is 20.9 Å². The van der Waals surface area contributed by atoms with E-state index in [1.54, 1.807) is 25.0 Å². The standard InChI is InChI=1S/C18H17N7O2/c1-26-12-6-11(7-13(8-12)27-2)25-9-16(23-24-25)10-3-4-15-14(5-10)17(19)22-18(20)21-15/h3-9H,1-2H3,(H4,19,20,21,22). The number of nitrogens with two attached hydrogens (primary N) is 2. The van der Waals surface area contributed by atoms with Gasteiger partial charge in [0.25, 0.3) is 0 Å². The van der Waals surface area contributed by atoms with Crippen LogP contribution in [0.25, 0.3) is 27.8 Å². The predicted molar refractivity (Wildman–Crippen MR) is 102 cm³/mol. The molecule has 2 heterocycles. The summed E-state index contributed by atoms with van der Waals surface area (Å²) < 4.78 is 12.2. The number of hydrogen-bond donors (Lipinski definition) is 2.